The molecule has 0 radical (unpaired) electrons. The largest absolute Gasteiger partial charge is 0.376 e. The first-order valence-electron chi connectivity index (χ1n) is 11.7. The fraction of sp³-hybridized carbons (Fsp3) is 0.379. The molecule has 0 saturated heterocycles. The summed E-state index contributed by atoms with van der Waals surface area (Å²) in [4.78, 5) is 0. The van der Waals surface area contributed by atoms with Crippen molar-refractivity contribution in [3.63, 3.8) is 0 Å². The summed E-state index contributed by atoms with van der Waals surface area (Å²) in [6.45, 7) is 6.02. The SMILES string of the molecule is C[C@@H]1CC(COCc2ccccc2)(COCc2ccccc2)C[C@H]1NCc1ccccc1. The zero-order chi connectivity index (χ0) is 22.1. The Bertz CT molecular complexity index is 868. The number of nitrogens with one attached hydrogen (secondary N) is 1. The topological polar surface area (TPSA) is 30.5 Å². The third-order valence-corrected chi connectivity index (χ3v) is 6.55. The number of hydrogen-bond donors (Lipinski definition) is 1. The Morgan fingerprint density at radius 1 is 0.688 bits per heavy atom. The van der Waals surface area contributed by atoms with Crippen molar-refractivity contribution in [2.45, 2.75) is 45.6 Å². The van der Waals surface area contributed by atoms with Crippen LogP contribution in [0.15, 0.2) is 91.0 Å². The molecule has 168 valence electrons. The molecule has 1 fully saturated rings. The van der Waals surface area contributed by atoms with Gasteiger partial charge in [-0.1, -0.05) is 97.9 Å². The Morgan fingerprint density at radius 3 is 1.66 bits per heavy atom. The highest BCUT2D eigenvalue weighted by Crippen LogP contribution is 2.43. The van der Waals surface area contributed by atoms with Gasteiger partial charge in [0.2, 0.25) is 0 Å². The summed E-state index contributed by atoms with van der Waals surface area (Å²) in [5, 5.41) is 3.81. The van der Waals surface area contributed by atoms with Gasteiger partial charge in [0.15, 0.2) is 0 Å². The molecule has 0 aliphatic heterocycles. The summed E-state index contributed by atoms with van der Waals surface area (Å²) in [6.07, 6.45) is 2.19. The maximum atomic E-state index is 6.26. The van der Waals surface area contributed by atoms with E-state index in [0.29, 0.717) is 25.2 Å². The van der Waals surface area contributed by atoms with Gasteiger partial charge >= 0.3 is 0 Å². The van der Waals surface area contributed by atoms with Crippen molar-refractivity contribution in [1.82, 2.24) is 5.32 Å². The molecule has 32 heavy (non-hydrogen) atoms. The lowest BCUT2D eigenvalue weighted by atomic mass is 9.87. The Kier molecular flexibility index (Phi) is 8.11. The van der Waals surface area contributed by atoms with Crippen LogP contribution in [-0.4, -0.2) is 19.3 Å². The van der Waals surface area contributed by atoms with Crippen LogP contribution in [0.2, 0.25) is 0 Å². The van der Waals surface area contributed by atoms with Gasteiger partial charge in [0.05, 0.1) is 26.4 Å². The number of ether oxygens (including phenoxy) is 2. The van der Waals surface area contributed by atoms with E-state index in [1.165, 1.54) is 16.7 Å². The second-order valence-electron chi connectivity index (χ2n) is 9.32. The van der Waals surface area contributed by atoms with Crippen molar-refractivity contribution >= 4 is 0 Å². The molecule has 0 unspecified atom stereocenters. The van der Waals surface area contributed by atoms with Crippen LogP contribution in [0.3, 0.4) is 0 Å². The number of rotatable bonds is 11. The van der Waals surface area contributed by atoms with E-state index in [2.05, 4.69) is 91.1 Å². The summed E-state index contributed by atoms with van der Waals surface area (Å²) in [5.74, 6) is 0.583. The molecule has 0 bridgehead atoms. The minimum Gasteiger partial charge on any atom is -0.376 e. The first-order chi connectivity index (χ1) is 15.7. The van der Waals surface area contributed by atoms with Gasteiger partial charge in [0.25, 0.3) is 0 Å². The van der Waals surface area contributed by atoms with Crippen molar-refractivity contribution in [1.29, 1.82) is 0 Å². The van der Waals surface area contributed by atoms with E-state index in [1.807, 2.05) is 12.1 Å². The molecular formula is C29H35NO2. The lowest BCUT2D eigenvalue weighted by molar-refractivity contribution is -0.0321. The molecule has 0 heterocycles. The summed E-state index contributed by atoms with van der Waals surface area (Å²) in [7, 11) is 0. The van der Waals surface area contributed by atoms with E-state index >= 15 is 0 Å². The van der Waals surface area contributed by atoms with Gasteiger partial charge in [-0.05, 0) is 35.4 Å². The predicted molar refractivity (Wildman–Crippen MR) is 130 cm³/mol. The normalized spacial score (nSPS) is 19.8. The van der Waals surface area contributed by atoms with Gasteiger partial charge in [0.1, 0.15) is 0 Å². The van der Waals surface area contributed by atoms with Crippen LogP contribution in [0.4, 0.5) is 0 Å². The fourth-order valence-corrected chi connectivity index (χ4v) is 4.89. The van der Waals surface area contributed by atoms with Gasteiger partial charge in [-0.3, -0.25) is 0 Å². The lowest BCUT2D eigenvalue weighted by Crippen LogP contribution is -2.34. The first-order valence-corrected chi connectivity index (χ1v) is 11.7. The Morgan fingerprint density at radius 2 is 1.16 bits per heavy atom. The molecular weight excluding hydrogens is 394 g/mol. The average Bonchev–Trinajstić information content (AvgIpc) is 3.15. The van der Waals surface area contributed by atoms with E-state index < -0.39 is 0 Å². The molecule has 1 N–H and O–H groups in total. The number of hydrogen-bond acceptors (Lipinski definition) is 3. The molecule has 2 atom stereocenters. The van der Waals surface area contributed by atoms with E-state index in [1.54, 1.807) is 0 Å². The molecule has 3 aromatic carbocycles. The first kappa shape index (κ1) is 22.7. The predicted octanol–water partition coefficient (Wildman–Crippen LogP) is 5.99. The maximum Gasteiger partial charge on any atom is 0.0717 e. The van der Waals surface area contributed by atoms with Crippen molar-refractivity contribution in [3.05, 3.63) is 108 Å². The Balaban J connectivity index is 1.36. The van der Waals surface area contributed by atoms with Crippen LogP contribution >= 0.6 is 0 Å². The van der Waals surface area contributed by atoms with Crippen molar-refractivity contribution in [2.75, 3.05) is 13.2 Å². The molecule has 0 aromatic heterocycles. The molecule has 4 rings (SSSR count). The molecule has 1 aliphatic rings. The van der Waals surface area contributed by atoms with Crippen LogP contribution < -0.4 is 5.32 Å². The van der Waals surface area contributed by atoms with Crippen molar-refractivity contribution in [2.24, 2.45) is 11.3 Å². The summed E-state index contributed by atoms with van der Waals surface area (Å²) < 4.78 is 12.5. The third-order valence-electron chi connectivity index (χ3n) is 6.55. The molecule has 3 heteroatoms. The highest BCUT2D eigenvalue weighted by atomic mass is 16.5. The van der Waals surface area contributed by atoms with Gasteiger partial charge in [-0.25, -0.2) is 0 Å². The van der Waals surface area contributed by atoms with Crippen LogP contribution in [0, 0.1) is 11.3 Å². The summed E-state index contributed by atoms with van der Waals surface area (Å²) in [5.41, 5.74) is 3.81. The minimum atomic E-state index is 0.0390. The molecule has 0 amide bonds. The molecule has 0 spiro atoms. The van der Waals surface area contributed by atoms with Crippen molar-refractivity contribution in [3.8, 4) is 0 Å². The van der Waals surface area contributed by atoms with E-state index in [-0.39, 0.29) is 5.41 Å². The summed E-state index contributed by atoms with van der Waals surface area (Å²) >= 11 is 0. The standard InChI is InChI=1S/C29H35NO2/c1-24-17-29(22-31-20-26-13-7-3-8-14-26,23-32-21-27-15-9-4-10-16-27)18-28(24)30-19-25-11-5-2-6-12-25/h2-16,24,28,30H,17-23H2,1H3/t24-,28-/m1/s1. The van der Waals surface area contributed by atoms with Crippen LogP contribution in [0.1, 0.15) is 36.5 Å². The van der Waals surface area contributed by atoms with E-state index in [4.69, 9.17) is 9.47 Å². The van der Waals surface area contributed by atoms with Crippen LogP contribution in [-0.2, 0) is 29.2 Å². The second-order valence-corrected chi connectivity index (χ2v) is 9.32. The molecule has 1 saturated carbocycles. The van der Waals surface area contributed by atoms with Crippen molar-refractivity contribution < 1.29 is 9.47 Å². The highest BCUT2D eigenvalue weighted by Gasteiger charge is 2.43. The molecule has 3 nitrogen and oxygen atoms in total. The zero-order valence-electron chi connectivity index (χ0n) is 19.1. The van der Waals surface area contributed by atoms with E-state index in [9.17, 15) is 0 Å². The quantitative estimate of drug-likeness (QED) is 0.406. The van der Waals surface area contributed by atoms with Gasteiger partial charge in [-0.2, -0.15) is 0 Å². The fourth-order valence-electron chi connectivity index (χ4n) is 4.89. The van der Waals surface area contributed by atoms with Gasteiger partial charge < -0.3 is 14.8 Å². The monoisotopic (exact) mass is 429 g/mol. The molecule has 3 aromatic rings. The Hall–Kier alpha value is -2.46. The zero-order valence-corrected chi connectivity index (χ0v) is 19.1. The smallest absolute Gasteiger partial charge is 0.0717 e. The average molecular weight is 430 g/mol. The Labute approximate surface area is 192 Å². The van der Waals surface area contributed by atoms with Crippen LogP contribution in [0.25, 0.3) is 0 Å². The lowest BCUT2D eigenvalue weighted by Gasteiger charge is -2.29. The number of benzene rings is 3. The van der Waals surface area contributed by atoms with Crippen LogP contribution in [0.5, 0.6) is 0 Å². The van der Waals surface area contributed by atoms with Gasteiger partial charge in [0, 0.05) is 18.0 Å². The van der Waals surface area contributed by atoms with Gasteiger partial charge in [-0.15, -0.1) is 0 Å². The third kappa shape index (κ3) is 6.52. The molecule has 1 aliphatic carbocycles. The second kappa shape index (κ2) is 11.4. The maximum absolute atomic E-state index is 6.26. The summed E-state index contributed by atoms with van der Waals surface area (Å²) in [6, 6.07) is 32.0. The van der Waals surface area contributed by atoms with E-state index in [0.717, 1.165) is 32.6 Å². The minimum absolute atomic E-state index is 0.0390. The highest BCUT2D eigenvalue weighted by molar-refractivity contribution is 5.16.